The Balaban J connectivity index is 0.000000201. The molecule has 3 aliphatic rings. The van der Waals surface area contributed by atoms with Crippen LogP contribution in [0.4, 0.5) is 0 Å². The van der Waals surface area contributed by atoms with E-state index in [4.69, 9.17) is 4.74 Å². The second-order valence-electron chi connectivity index (χ2n) is 6.66. The number of benzene rings is 1. The van der Waals surface area contributed by atoms with Crippen LogP contribution in [-0.4, -0.2) is 22.1 Å². The zero-order chi connectivity index (χ0) is 16.8. The average molecular weight is 325 g/mol. The van der Waals surface area contributed by atoms with E-state index in [1.54, 1.807) is 38.2 Å². The summed E-state index contributed by atoms with van der Waals surface area (Å²) in [5.74, 6) is 4.07. The lowest BCUT2D eigenvalue weighted by Crippen LogP contribution is -2.48. The number of fused-ring (bicyclic) bond motifs is 3. The number of H-pyrrole nitrogens is 2. The average Bonchev–Trinajstić information content (AvgIpc) is 2.52. The van der Waals surface area contributed by atoms with Crippen molar-refractivity contribution in [2.75, 3.05) is 7.11 Å². The van der Waals surface area contributed by atoms with E-state index in [0.717, 1.165) is 5.92 Å². The molecular weight excluding hydrogens is 306 g/mol. The van der Waals surface area contributed by atoms with Crippen molar-refractivity contribution < 1.29 is 4.74 Å². The van der Waals surface area contributed by atoms with Crippen LogP contribution in [0.25, 0.3) is 21.8 Å². The molecule has 2 N–H and O–H groups in total. The number of nitrogens with zero attached hydrogens (tertiary/aromatic N) is 1. The van der Waals surface area contributed by atoms with E-state index in [-0.39, 0.29) is 0 Å². The Kier molecular flexibility index (Phi) is 3.40. The standard InChI is InChI=1S/C12H9N3O3.C6H10/c1-18-8-4-2-3-6-9-7(5-13-10(6)8)11(16)15-12(17)14-9;1-4-5-2-6(4)3-5/h2-5H,1H3,(H2,14,15,16,17);4-6H,2-3H2,1H3. The van der Waals surface area contributed by atoms with E-state index >= 15 is 0 Å². The van der Waals surface area contributed by atoms with Crippen LogP contribution in [0.1, 0.15) is 19.8 Å². The van der Waals surface area contributed by atoms with Crippen LogP contribution >= 0.6 is 0 Å². The number of aromatic amines is 2. The van der Waals surface area contributed by atoms with Crippen LogP contribution in [-0.2, 0) is 0 Å². The van der Waals surface area contributed by atoms with Crippen molar-refractivity contribution in [3.05, 3.63) is 45.2 Å². The Bertz CT molecular complexity index is 1020. The first-order valence-electron chi connectivity index (χ1n) is 8.16. The third-order valence-electron chi connectivity index (χ3n) is 5.49. The van der Waals surface area contributed by atoms with Gasteiger partial charge in [-0.1, -0.05) is 19.1 Å². The van der Waals surface area contributed by atoms with Crippen molar-refractivity contribution >= 4 is 21.8 Å². The van der Waals surface area contributed by atoms with Crippen molar-refractivity contribution in [3.8, 4) is 5.75 Å². The molecule has 2 heterocycles. The van der Waals surface area contributed by atoms with Crippen molar-refractivity contribution in [3.63, 3.8) is 0 Å². The first-order valence-corrected chi connectivity index (χ1v) is 8.16. The normalized spacial score (nSPS) is 23.8. The summed E-state index contributed by atoms with van der Waals surface area (Å²) in [5, 5.41) is 1.02. The summed E-state index contributed by atoms with van der Waals surface area (Å²) in [6.07, 6.45) is 4.57. The van der Waals surface area contributed by atoms with Crippen LogP contribution in [0.15, 0.2) is 34.0 Å². The van der Waals surface area contributed by atoms with Gasteiger partial charge in [-0.25, -0.2) is 4.79 Å². The van der Waals surface area contributed by atoms with E-state index in [9.17, 15) is 9.59 Å². The molecular formula is C18H19N3O3. The van der Waals surface area contributed by atoms with Gasteiger partial charge < -0.3 is 9.72 Å². The molecule has 3 aromatic rings. The first kappa shape index (κ1) is 14.9. The summed E-state index contributed by atoms with van der Waals surface area (Å²) in [6, 6.07) is 5.33. The fourth-order valence-corrected chi connectivity index (χ4v) is 3.54. The lowest BCUT2D eigenvalue weighted by Gasteiger charge is -2.56. The van der Waals surface area contributed by atoms with Gasteiger partial charge in [0.15, 0.2) is 0 Å². The number of hydrogen-bond acceptors (Lipinski definition) is 4. The minimum absolute atomic E-state index is 0.343. The molecule has 24 heavy (non-hydrogen) atoms. The summed E-state index contributed by atoms with van der Waals surface area (Å²) < 4.78 is 5.20. The highest BCUT2D eigenvalue weighted by Gasteiger charge is 2.49. The first-order chi connectivity index (χ1) is 11.6. The lowest BCUT2D eigenvalue weighted by atomic mass is 9.49. The molecule has 0 radical (unpaired) electrons. The summed E-state index contributed by atoms with van der Waals surface area (Å²) in [5.41, 5.74) is 0.0789. The zero-order valence-electron chi connectivity index (χ0n) is 13.6. The summed E-state index contributed by atoms with van der Waals surface area (Å²) in [4.78, 5) is 32.0. The molecule has 3 fully saturated rings. The molecule has 2 aromatic heterocycles. The van der Waals surface area contributed by atoms with Gasteiger partial charge in [-0.3, -0.25) is 14.8 Å². The van der Waals surface area contributed by atoms with E-state index < -0.39 is 11.2 Å². The van der Waals surface area contributed by atoms with E-state index in [1.165, 1.54) is 18.0 Å². The van der Waals surface area contributed by atoms with Gasteiger partial charge in [-0.05, 0) is 36.7 Å². The van der Waals surface area contributed by atoms with Gasteiger partial charge in [0.05, 0.1) is 18.0 Å². The number of methoxy groups -OCH3 is 1. The number of ether oxygens (including phenoxy) is 1. The summed E-state index contributed by atoms with van der Waals surface area (Å²) in [6.45, 7) is 2.38. The maximum absolute atomic E-state index is 11.7. The van der Waals surface area contributed by atoms with Crippen LogP contribution in [0, 0.1) is 17.8 Å². The van der Waals surface area contributed by atoms with Gasteiger partial charge >= 0.3 is 5.69 Å². The molecule has 1 aromatic carbocycles. The third kappa shape index (κ3) is 2.21. The van der Waals surface area contributed by atoms with Crippen molar-refractivity contribution in [2.45, 2.75) is 19.8 Å². The molecule has 6 nitrogen and oxygen atoms in total. The quantitative estimate of drug-likeness (QED) is 0.673. The second kappa shape index (κ2) is 5.47. The van der Waals surface area contributed by atoms with E-state index in [0.29, 0.717) is 27.6 Å². The van der Waals surface area contributed by atoms with Gasteiger partial charge in [0.1, 0.15) is 11.3 Å². The molecule has 124 valence electrons. The molecule has 3 saturated carbocycles. The summed E-state index contributed by atoms with van der Waals surface area (Å²) >= 11 is 0. The molecule has 6 heteroatoms. The maximum atomic E-state index is 11.7. The molecule has 0 saturated heterocycles. The Hall–Kier alpha value is -2.63. The predicted molar refractivity (Wildman–Crippen MR) is 92.4 cm³/mol. The molecule has 2 bridgehead atoms. The Morgan fingerprint density at radius 2 is 1.83 bits per heavy atom. The lowest BCUT2D eigenvalue weighted by molar-refractivity contribution is -0.0673. The Morgan fingerprint density at radius 3 is 2.42 bits per heavy atom. The molecule has 0 amide bonds. The topological polar surface area (TPSA) is 87.8 Å². The van der Waals surface area contributed by atoms with E-state index in [2.05, 4.69) is 21.9 Å². The fourth-order valence-electron chi connectivity index (χ4n) is 3.54. The van der Waals surface area contributed by atoms with Gasteiger partial charge in [-0.2, -0.15) is 0 Å². The number of para-hydroxylation sites is 1. The van der Waals surface area contributed by atoms with Crippen LogP contribution in [0.2, 0.25) is 0 Å². The van der Waals surface area contributed by atoms with Gasteiger partial charge in [0.2, 0.25) is 0 Å². The molecule has 0 atom stereocenters. The molecule has 6 rings (SSSR count). The van der Waals surface area contributed by atoms with Crippen molar-refractivity contribution in [1.82, 2.24) is 15.0 Å². The molecule has 0 unspecified atom stereocenters. The smallest absolute Gasteiger partial charge is 0.326 e. The molecule has 0 aliphatic heterocycles. The van der Waals surface area contributed by atoms with Crippen LogP contribution in [0.5, 0.6) is 5.75 Å². The SMILES string of the molecule is CC1C2CC1C2.COc1cccc2c1ncc1c(=O)[nH]c(=O)[nH]c12. The largest absolute Gasteiger partial charge is 0.494 e. The highest BCUT2D eigenvalue weighted by molar-refractivity contribution is 6.04. The summed E-state index contributed by atoms with van der Waals surface area (Å²) in [7, 11) is 1.54. The van der Waals surface area contributed by atoms with Crippen LogP contribution < -0.4 is 16.0 Å². The monoisotopic (exact) mass is 325 g/mol. The zero-order valence-corrected chi connectivity index (χ0v) is 13.6. The number of pyridine rings is 1. The number of aromatic nitrogens is 3. The minimum Gasteiger partial charge on any atom is -0.494 e. The highest BCUT2D eigenvalue weighted by Crippen LogP contribution is 2.57. The highest BCUT2D eigenvalue weighted by atomic mass is 16.5. The minimum atomic E-state index is -0.539. The molecule has 0 spiro atoms. The third-order valence-corrected chi connectivity index (χ3v) is 5.49. The van der Waals surface area contributed by atoms with Crippen LogP contribution in [0.3, 0.4) is 0 Å². The maximum Gasteiger partial charge on any atom is 0.326 e. The van der Waals surface area contributed by atoms with Gasteiger partial charge in [0, 0.05) is 11.6 Å². The fraction of sp³-hybridized carbons (Fsp3) is 0.389. The number of nitrogens with one attached hydrogen (secondary N) is 2. The Morgan fingerprint density at radius 1 is 1.12 bits per heavy atom. The van der Waals surface area contributed by atoms with Crippen molar-refractivity contribution in [2.24, 2.45) is 17.8 Å². The van der Waals surface area contributed by atoms with Gasteiger partial charge in [-0.15, -0.1) is 0 Å². The van der Waals surface area contributed by atoms with Gasteiger partial charge in [0.25, 0.3) is 5.56 Å². The second-order valence-corrected chi connectivity index (χ2v) is 6.66. The predicted octanol–water partition coefficient (Wildman–Crippen LogP) is 2.44. The Labute approximate surface area is 137 Å². The molecule has 3 aliphatic carbocycles. The number of hydrogen-bond donors (Lipinski definition) is 2. The van der Waals surface area contributed by atoms with Crippen molar-refractivity contribution in [1.29, 1.82) is 0 Å². The number of rotatable bonds is 1. The van der Waals surface area contributed by atoms with E-state index in [1.807, 2.05) is 0 Å².